The third-order valence-electron chi connectivity index (χ3n) is 4.82. The molecule has 1 aliphatic heterocycles. The van der Waals surface area contributed by atoms with Crippen LogP contribution in [0.3, 0.4) is 0 Å². The van der Waals surface area contributed by atoms with Crippen molar-refractivity contribution in [2.24, 2.45) is 5.92 Å². The van der Waals surface area contributed by atoms with E-state index in [-0.39, 0.29) is 5.25 Å². The van der Waals surface area contributed by atoms with Crippen molar-refractivity contribution in [1.82, 2.24) is 0 Å². The Morgan fingerprint density at radius 1 is 1.19 bits per heavy atom. The third kappa shape index (κ3) is 3.50. The topological polar surface area (TPSA) is 9.23 Å². The number of halogens is 5. The molecule has 4 atom stereocenters. The van der Waals surface area contributed by atoms with E-state index in [0.29, 0.717) is 23.7 Å². The molecule has 0 spiro atoms. The van der Waals surface area contributed by atoms with Crippen LogP contribution in [0.1, 0.15) is 33.1 Å². The van der Waals surface area contributed by atoms with E-state index in [0.717, 1.165) is 18.4 Å². The second kappa shape index (κ2) is 7.07. The Bertz CT molecular complexity index is 804. The number of benzene rings is 1. The Balaban J connectivity index is 1.91. The minimum absolute atomic E-state index is 0.00227. The van der Waals surface area contributed by atoms with Crippen LogP contribution in [0, 0.1) is 35.0 Å². The van der Waals surface area contributed by atoms with Crippen LogP contribution in [-0.4, -0.2) is 10.9 Å². The first kappa shape index (κ1) is 20.6. The van der Waals surface area contributed by atoms with Gasteiger partial charge >= 0.3 is 0 Å². The lowest BCUT2D eigenvalue weighted by Gasteiger charge is -2.37. The lowest BCUT2D eigenvalue weighted by atomic mass is 9.77. The average Bonchev–Trinajstić information content (AvgIpc) is 2.84. The van der Waals surface area contributed by atoms with Crippen LogP contribution < -0.4 is 0 Å². The molecule has 1 nitrogen and oxygen atoms in total. The largest absolute Gasteiger partial charge is 0.326 e. The minimum Gasteiger partial charge on any atom is -0.326 e. The standard InChI is InChI=1S/C16H16F5OPS3/c1-7(2)8-4-5-16(3)9(6-8)25-23(24,22-16)26-15-13(20)11(18)10(17)12(19)14(15)21/h8-9H,1,4-6H2,2-3H3/t8-,9+,16+,23+/m1/s1. The summed E-state index contributed by atoms with van der Waals surface area (Å²) in [6.45, 7) is 7.83. The smallest absolute Gasteiger partial charge is 0.200 e. The summed E-state index contributed by atoms with van der Waals surface area (Å²) in [6, 6.07) is 0. The van der Waals surface area contributed by atoms with Crippen LogP contribution in [0.2, 0.25) is 0 Å². The number of rotatable bonds is 3. The van der Waals surface area contributed by atoms with E-state index in [1.54, 1.807) is 0 Å². The Kier molecular flexibility index (Phi) is 5.61. The maximum absolute atomic E-state index is 14.0. The van der Waals surface area contributed by atoms with E-state index < -0.39 is 44.3 Å². The fourth-order valence-electron chi connectivity index (χ4n) is 3.20. The molecule has 0 amide bonds. The molecule has 1 aliphatic carbocycles. The molecule has 1 heterocycles. The van der Waals surface area contributed by atoms with Gasteiger partial charge in [-0.05, 0) is 62.2 Å². The van der Waals surface area contributed by atoms with Crippen molar-refractivity contribution in [3.8, 4) is 0 Å². The van der Waals surface area contributed by atoms with Gasteiger partial charge in [0.2, 0.25) is 5.82 Å². The second-order valence-electron chi connectivity index (χ2n) is 6.75. The monoisotopic (exact) mass is 446 g/mol. The molecular weight excluding hydrogens is 430 g/mol. The average molecular weight is 446 g/mol. The van der Waals surface area contributed by atoms with Gasteiger partial charge in [-0.2, -0.15) is 0 Å². The Morgan fingerprint density at radius 2 is 1.73 bits per heavy atom. The van der Waals surface area contributed by atoms with Crippen molar-refractivity contribution >= 4 is 39.2 Å². The van der Waals surface area contributed by atoms with Crippen LogP contribution in [0.25, 0.3) is 0 Å². The predicted molar refractivity (Wildman–Crippen MR) is 99.4 cm³/mol. The van der Waals surface area contributed by atoms with Crippen molar-refractivity contribution in [3.05, 3.63) is 41.2 Å². The van der Waals surface area contributed by atoms with Gasteiger partial charge in [0, 0.05) is 5.25 Å². The summed E-state index contributed by atoms with van der Waals surface area (Å²) in [5.74, 6) is -9.53. The van der Waals surface area contributed by atoms with Crippen LogP contribution >= 0.6 is 27.4 Å². The summed E-state index contributed by atoms with van der Waals surface area (Å²) in [5, 5.41) is -0.00227. The lowest BCUT2D eigenvalue weighted by Crippen LogP contribution is -2.40. The molecule has 1 saturated heterocycles. The molecule has 0 N–H and O–H groups in total. The SMILES string of the molecule is C=C(C)[C@@H]1CC[C@]2(C)O[P@@](=S)(Sc3c(F)c(F)c(F)c(F)c3F)S[C@H]2C1. The first-order valence-corrected chi connectivity index (χ1v) is 13.5. The molecule has 3 rings (SSSR count). The maximum atomic E-state index is 14.0. The number of hydrogen-bond donors (Lipinski definition) is 0. The van der Waals surface area contributed by atoms with Crippen LogP contribution in [0.5, 0.6) is 0 Å². The van der Waals surface area contributed by atoms with E-state index in [2.05, 4.69) is 6.58 Å². The van der Waals surface area contributed by atoms with Crippen LogP contribution in [-0.2, 0) is 16.3 Å². The lowest BCUT2D eigenvalue weighted by molar-refractivity contribution is 0.0696. The van der Waals surface area contributed by atoms with Crippen molar-refractivity contribution in [2.45, 2.75) is 48.9 Å². The van der Waals surface area contributed by atoms with E-state index in [1.807, 2.05) is 13.8 Å². The van der Waals surface area contributed by atoms with E-state index >= 15 is 0 Å². The van der Waals surface area contributed by atoms with Crippen molar-refractivity contribution in [1.29, 1.82) is 0 Å². The highest BCUT2D eigenvalue weighted by Gasteiger charge is 2.53. The van der Waals surface area contributed by atoms with Crippen molar-refractivity contribution in [3.63, 3.8) is 0 Å². The first-order valence-electron chi connectivity index (χ1n) is 7.83. The molecule has 10 heteroatoms. The van der Waals surface area contributed by atoms with Gasteiger partial charge in [0.25, 0.3) is 0 Å². The zero-order chi connectivity index (χ0) is 19.4. The zero-order valence-corrected chi connectivity index (χ0v) is 17.3. The van der Waals surface area contributed by atoms with E-state index in [4.69, 9.17) is 16.3 Å². The molecule has 0 bridgehead atoms. The maximum Gasteiger partial charge on any atom is 0.200 e. The molecule has 26 heavy (non-hydrogen) atoms. The molecule has 2 fully saturated rings. The minimum atomic E-state index is -2.93. The number of fused-ring (bicyclic) bond motifs is 1. The van der Waals surface area contributed by atoms with Gasteiger partial charge in [0.15, 0.2) is 27.9 Å². The Hall–Kier alpha value is -0.0800. The van der Waals surface area contributed by atoms with Gasteiger partial charge < -0.3 is 4.52 Å². The summed E-state index contributed by atoms with van der Waals surface area (Å²) >= 11 is 7.26. The summed E-state index contributed by atoms with van der Waals surface area (Å²) in [7, 11) is 0. The quantitative estimate of drug-likeness (QED) is 0.163. The van der Waals surface area contributed by atoms with Gasteiger partial charge in [-0.1, -0.05) is 23.5 Å². The number of hydrogen-bond acceptors (Lipinski definition) is 4. The molecule has 1 saturated carbocycles. The normalized spacial score (nSPS) is 34.0. The first-order chi connectivity index (χ1) is 12.0. The molecule has 0 radical (unpaired) electrons. The predicted octanol–water partition coefficient (Wildman–Crippen LogP) is 6.97. The second-order valence-corrected chi connectivity index (χ2v) is 17.1. The molecule has 1 aromatic rings. The van der Waals surface area contributed by atoms with Gasteiger partial charge in [-0.15, -0.1) is 0 Å². The summed E-state index contributed by atoms with van der Waals surface area (Å²) in [5.41, 5.74) is 0.490. The fourth-order valence-corrected chi connectivity index (χ4v) is 14.2. The van der Waals surface area contributed by atoms with Crippen molar-refractivity contribution in [2.75, 3.05) is 0 Å². The summed E-state index contributed by atoms with van der Waals surface area (Å²) in [4.78, 5) is -0.962. The van der Waals surface area contributed by atoms with E-state index in [1.165, 1.54) is 11.4 Å². The number of allylic oxidation sites excluding steroid dienone is 1. The highest BCUT2D eigenvalue weighted by molar-refractivity contribution is 8.99. The molecular formula is C16H16F5OPS3. The van der Waals surface area contributed by atoms with Gasteiger partial charge in [-0.3, -0.25) is 0 Å². The van der Waals surface area contributed by atoms with Gasteiger partial charge in [0.05, 0.1) is 10.5 Å². The highest BCUT2D eigenvalue weighted by Crippen LogP contribution is 2.82. The summed E-state index contributed by atoms with van der Waals surface area (Å²) in [6.07, 6.45) is 2.34. The Labute approximate surface area is 161 Å². The molecule has 0 unspecified atom stereocenters. The Morgan fingerprint density at radius 3 is 2.27 bits per heavy atom. The molecule has 2 aliphatic rings. The molecule has 144 valence electrons. The van der Waals surface area contributed by atoms with Crippen molar-refractivity contribution < 1.29 is 26.5 Å². The molecule has 0 aromatic heterocycles. The third-order valence-corrected chi connectivity index (χ3v) is 13.7. The van der Waals surface area contributed by atoms with Gasteiger partial charge in [0.1, 0.15) is 0 Å². The fraction of sp³-hybridized carbons (Fsp3) is 0.500. The molecule has 1 aromatic carbocycles. The van der Waals surface area contributed by atoms with Crippen LogP contribution in [0.4, 0.5) is 22.0 Å². The van der Waals surface area contributed by atoms with E-state index in [9.17, 15) is 22.0 Å². The van der Waals surface area contributed by atoms with Gasteiger partial charge in [-0.25, -0.2) is 22.0 Å². The highest BCUT2D eigenvalue weighted by atomic mass is 33.2. The zero-order valence-electron chi connectivity index (χ0n) is 14.0. The van der Waals surface area contributed by atoms with Crippen LogP contribution in [0.15, 0.2) is 17.0 Å². The summed E-state index contributed by atoms with van der Waals surface area (Å²) < 4.78 is 71.3.